The van der Waals surface area contributed by atoms with Crippen LogP contribution in [0.5, 0.6) is 0 Å². The molecule has 0 radical (unpaired) electrons. The lowest BCUT2D eigenvalue weighted by molar-refractivity contribution is -0.223. The van der Waals surface area contributed by atoms with E-state index < -0.39 is 30.0 Å². The van der Waals surface area contributed by atoms with Crippen molar-refractivity contribution >= 4 is 5.97 Å². The number of halogens is 2. The van der Waals surface area contributed by atoms with Crippen molar-refractivity contribution in [1.29, 1.82) is 0 Å². The van der Waals surface area contributed by atoms with Crippen LogP contribution < -0.4 is 0 Å². The molecule has 0 bridgehead atoms. The highest BCUT2D eigenvalue weighted by Crippen LogP contribution is 2.47. The first-order valence-corrected chi connectivity index (χ1v) is 5.15. The summed E-state index contributed by atoms with van der Waals surface area (Å²) >= 11 is 0. The Hall–Kier alpha value is -0.710. The number of carbonyl (C=O) groups is 1. The molecule has 0 spiro atoms. The predicted octanol–water partition coefficient (Wildman–Crippen LogP) is 2.44. The van der Waals surface area contributed by atoms with E-state index in [1.807, 2.05) is 0 Å². The quantitative estimate of drug-likeness (QED) is 0.794. The van der Waals surface area contributed by atoms with E-state index in [2.05, 4.69) is 0 Å². The fourth-order valence-corrected chi connectivity index (χ4v) is 1.83. The SMILES string of the molecule is CCC(C)OC1(C(=O)O)CCCC1(F)F. The maximum Gasteiger partial charge on any atom is 0.342 e. The van der Waals surface area contributed by atoms with Crippen molar-refractivity contribution < 1.29 is 23.4 Å². The van der Waals surface area contributed by atoms with Crippen LogP contribution in [0.25, 0.3) is 0 Å². The lowest BCUT2D eigenvalue weighted by atomic mass is 9.98. The Kier molecular flexibility index (Phi) is 3.33. The van der Waals surface area contributed by atoms with E-state index in [0.29, 0.717) is 6.42 Å². The Morgan fingerprint density at radius 3 is 2.47 bits per heavy atom. The third kappa shape index (κ3) is 1.97. The molecule has 0 saturated heterocycles. The molecule has 5 heteroatoms. The van der Waals surface area contributed by atoms with Gasteiger partial charge in [-0.1, -0.05) is 6.92 Å². The summed E-state index contributed by atoms with van der Waals surface area (Å²) in [5.74, 6) is -4.81. The van der Waals surface area contributed by atoms with E-state index in [4.69, 9.17) is 9.84 Å². The molecule has 1 fully saturated rings. The molecule has 88 valence electrons. The highest BCUT2D eigenvalue weighted by molar-refractivity contribution is 5.79. The monoisotopic (exact) mass is 222 g/mol. The second-order valence-corrected chi connectivity index (χ2v) is 4.03. The number of rotatable bonds is 4. The molecule has 0 aromatic heterocycles. The van der Waals surface area contributed by atoms with Crippen LogP contribution in [0.1, 0.15) is 39.5 Å². The zero-order valence-corrected chi connectivity index (χ0v) is 8.93. The summed E-state index contributed by atoms with van der Waals surface area (Å²) in [5, 5.41) is 8.94. The number of ether oxygens (including phenoxy) is 1. The van der Waals surface area contributed by atoms with Gasteiger partial charge in [0.25, 0.3) is 5.92 Å². The maximum absolute atomic E-state index is 13.5. The molecule has 2 unspecified atom stereocenters. The van der Waals surface area contributed by atoms with Crippen LogP contribution in [0.2, 0.25) is 0 Å². The van der Waals surface area contributed by atoms with E-state index in [1.54, 1.807) is 13.8 Å². The number of carboxylic acid groups (broad SMARTS) is 1. The number of carboxylic acids is 1. The van der Waals surface area contributed by atoms with Crippen LogP contribution in [0.3, 0.4) is 0 Å². The summed E-state index contributed by atoms with van der Waals surface area (Å²) < 4.78 is 32.1. The van der Waals surface area contributed by atoms with Crippen molar-refractivity contribution in [3.8, 4) is 0 Å². The topological polar surface area (TPSA) is 46.5 Å². The van der Waals surface area contributed by atoms with Gasteiger partial charge in [-0.05, 0) is 26.2 Å². The first-order chi connectivity index (χ1) is 6.85. The highest BCUT2D eigenvalue weighted by Gasteiger charge is 2.64. The first-order valence-electron chi connectivity index (χ1n) is 5.15. The van der Waals surface area contributed by atoms with Gasteiger partial charge in [-0.25, -0.2) is 13.6 Å². The molecule has 1 N–H and O–H groups in total. The minimum absolute atomic E-state index is 0.111. The third-order valence-electron chi connectivity index (χ3n) is 2.93. The van der Waals surface area contributed by atoms with Crippen LogP contribution in [-0.4, -0.2) is 28.7 Å². The van der Waals surface area contributed by atoms with Gasteiger partial charge in [0.2, 0.25) is 5.60 Å². The molecular formula is C10H16F2O3. The van der Waals surface area contributed by atoms with Gasteiger partial charge in [0.1, 0.15) is 0 Å². The molecule has 3 nitrogen and oxygen atoms in total. The molecular weight excluding hydrogens is 206 g/mol. The Labute approximate surface area is 87.4 Å². The van der Waals surface area contributed by atoms with Crippen molar-refractivity contribution in [3.63, 3.8) is 0 Å². The Morgan fingerprint density at radius 1 is 1.53 bits per heavy atom. The van der Waals surface area contributed by atoms with Gasteiger partial charge in [-0.3, -0.25) is 0 Å². The Bertz CT molecular complexity index is 255. The fourth-order valence-electron chi connectivity index (χ4n) is 1.83. The van der Waals surface area contributed by atoms with Crippen LogP contribution in [0.15, 0.2) is 0 Å². The second-order valence-electron chi connectivity index (χ2n) is 4.03. The van der Waals surface area contributed by atoms with Crippen LogP contribution in [-0.2, 0) is 9.53 Å². The van der Waals surface area contributed by atoms with Crippen molar-refractivity contribution in [2.45, 2.75) is 57.2 Å². The molecule has 15 heavy (non-hydrogen) atoms. The summed E-state index contributed by atoms with van der Waals surface area (Å²) in [6.07, 6.45) is -0.277. The highest BCUT2D eigenvalue weighted by atomic mass is 19.3. The minimum Gasteiger partial charge on any atom is -0.479 e. The number of alkyl halides is 2. The molecule has 0 aliphatic heterocycles. The zero-order chi connectivity index (χ0) is 11.7. The summed E-state index contributed by atoms with van der Waals surface area (Å²) in [6.45, 7) is 3.38. The Balaban J connectivity index is 2.94. The molecule has 1 aliphatic carbocycles. The van der Waals surface area contributed by atoms with Crippen molar-refractivity contribution in [2.24, 2.45) is 0 Å². The standard InChI is InChI=1S/C10H16F2O3/c1-3-7(2)15-9(8(13)14)5-4-6-10(9,11)12/h7H,3-6H2,1-2H3,(H,13,14). The maximum atomic E-state index is 13.5. The Morgan fingerprint density at radius 2 is 2.13 bits per heavy atom. The van der Waals surface area contributed by atoms with Crippen LogP contribution in [0, 0.1) is 0 Å². The van der Waals surface area contributed by atoms with Crippen LogP contribution in [0.4, 0.5) is 8.78 Å². The molecule has 1 rings (SSSR count). The van der Waals surface area contributed by atoms with Gasteiger partial charge in [-0.15, -0.1) is 0 Å². The van der Waals surface area contributed by atoms with E-state index in [9.17, 15) is 13.6 Å². The summed E-state index contributed by atoms with van der Waals surface area (Å²) in [4.78, 5) is 11.0. The summed E-state index contributed by atoms with van der Waals surface area (Å²) in [6, 6.07) is 0. The zero-order valence-electron chi connectivity index (χ0n) is 8.93. The van der Waals surface area contributed by atoms with Gasteiger partial charge in [0.15, 0.2) is 0 Å². The number of hydrogen-bond donors (Lipinski definition) is 1. The van der Waals surface area contributed by atoms with Crippen molar-refractivity contribution in [3.05, 3.63) is 0 Å². The average molecular weight is 222 g/mol. The van der Waals surface area contributed by atoms with Gasteiger partial charge >= 0.3 is 5.97 Å². The lowest BCUT2D eigenvalue weighted by Gasteiger charge is -2.33. The smallest absolute Gasteiger partial charge is 0.342 e. The molecule has 2 atom stereocenters. The van der Waals surface area contributed by atoms with E-state index >= 15 is 0 Å². The van der Waals surface area contributed by atoms with Crippen molar-refractivity contribution in [2.75, 3.05) is 0 Å². The molecule has 0 aromatic rings. The largest absolute Gasteiger partial charge is 0.479 e. The van der Waals surface area contributed by atoms with Crippen LogP contribution >= 0.6 is 0 Å². The van der Waals surface area contributed by atoms with Crippen molar-refractivity contribution in [1.82, 2.24) is 0 Å². The van der Waals surface area contributed by atoms with E-state index in [1.165, 1.54) is 0 Å². The molecule has 0 heterocycles. The normalized spacial score (nSPS) is 31.5. The lowest BCUT2D eigenvalue weighted by Crippen LogP contribution is -2.54. The van der Waals surface area contributed by atoms with Gasteiger partial charge in [0.05, 0.1) is 6.10 Å². The number of hydrogen-bond acceptors (Lipinski definition) is 2. The van der Waals surface area contributed by atoms with Gasteiger partial charge < -0.3 is 9.84 Å². The second kappa shape index (κ2) is 4.04. The minimum atomic E-state index is -3.26. The summed E-state index contributed by atoms with van der Waals surface area (Å²) in [5.41, 5.74) is -2.30. The predicted molar refractivity (Wildman–Crippen MR) is 50.0 cm³/mol. The third-order valence-corrected chi connectivity index (χ3v) is 2.93. The first kappa shape index (κ1) is 12.4. The number of aliphatic carboxylic acids is 1. The molecule has 1 saturated carbocycles. The molecule has 0 aromatic carbocycles. The summed E-state index contributed by atoms with van der Waals surface area (Å²) in [7, 11) is 0. The molecule has 0 amide bonds. The molecule has 1 aliphatic rings. The van der Waals surface area contributed by atoms with E-state index in [0.717, 1.165) is 0 Å². The van der Waals surface area contributed by atoms with E-state index in [-0.39, 0.29) is 12.8 Å². The van der Waals surface area contributed by atoms with Gasteiger partial charge in [-0.2, -0.15) is 0 Å². The average Bonchev–Trinajstić information content (AvgIpc) is 2.43. The van der Waals surface area contributed by atoms with Gasteiger partial charge in [0, 0.05) is 6.42 Å². The fraction of sp³-hybridized carbons (Fsp3) is 0.900.